The molecule has 1 aromatic carbocycles. The monoisotopic (exact) mass is 256 g/mol. The van der Waals surface area contributed by atoms with Gasteiger partial charge in [0.1, 0.15) is 24.0 Å². The zero-order valence-electron chi connectivity index (χ0n) is 8.82. The summed E-state index contributed by atoms with van der Waals surface area (Å²) in [6.45, 7) is -0.399. The Morgan fingerprint density at radius 2 is 1.94 bits per heavy atom. The highest BCUT2D eigenvalue weighted by Crippen LogP contribution is 2.21. The molecule has 0 aliphatic carbocycles. The Kier molecular flexibility index (Phi) is 3.71. The van der Waals surface area contributed by atoms with Gasteiger partial charge in [0, 0.05) is 17.7 Å². The van der Waals surface area contributed by atoms with Gasteiger partial charge >= 0.3 is 0 Å². The number of benzene rings is 1. The van der Waals surface area contributed by atoms with E-state index in [1.54, 1.807) is 0 Å². The number of halogens is 2. The van der Waals surface area contributed by atoms with Crippen molar-refractivity contribution in [3.63, 3.8) is 0 Å². The van der Waals surface area contributed by atoms with Gasteiger partial charge in [-0.05, 0) is 22.4 Å². The number of thiophene rings is 1. The molecule has 1 N–H and O–H groups in total. The first-order chi connectivity index (χ1) is 8.20. The lowest BCUT2D eigenvalue weighted by Gasteiger charge is -2.07. The minimum Gasteiger partial charge on any atom is -0.489 e. The van der Waals surface area contributed by atoms with Crippen molar-refractivity contribution in [3.8, 4) is 5.75 Å². The van der Waals surface area contributed by atoms with Gasteiger partial charge in [-0.25, -0.2) is 8.78 Å². The van der Waals surface area contributed by atoms with Crippen LogP contribution in [0.3, 0.4) is 0 Å². The zero-order chi connectivity index (χ0) is 12.3. The van der Waals surface area contributed by atoms with Gasteiger partial charge in [-0.2, -0.15) is 11.3 Å². The van der Waals surface area contributed by atoms with E-state index in [4.69, 9.17) is 9.84 Å². The maximum absolute atomic E-state index is 13.3. The predicted octanol–water partition coefficient (Wildman–Crippen LogP) is 3.10. The summed E-state index contributed by atoms with van der Waals surface area (Å²) in [5, 5.41) is 12.5. The lowest BCUT2D eigenvalue weighted by atomic mass is 10.2. The molecule has 5 heteroatoms. The van der Waals surface area contributed by atoms with Crippen LogP contribution in [0.15, 0.2) is 29.0 Å². The molecule has 0 saturated heterocycles. The summed E-state index contributed by atoms with van der Waals surface area (Å²) in [5.74, 6) is -1.48. The van der Waals surface area contributed by atoms with Gasteiger partial charge in [0.25, 0.3) is 0 Å². The number of hydrogen-bond acceptors (Lipinski definition) is 3. The van der Waals surface area contributed by atoms with Crippen molar-refractivity contribution < 1.29 is 18.6 Å². The third-order valence-electron chi connectivity index (χ3n) is 2.26. The normalized spacial score (nSPS) is 10.5. The highest BCUT2D eigenvalue weighted by atomic mass is 32.1. The zero-order valence-corrected chi connectivity index (χ0v) is 9.64. The van der Waals surface area contributed by atoms with E-state index in [1.807, 2.05) is 16.8 Å². The second kappa shape index (κ2) is 5.25. The number of hydrogen-bond donors (Lipinski definition) is 1. The van der Waals surface area contributed by atoms with E-state index in [2.05, 4.69) is 0 Å². The van der Waals surface area contributed by atoms with E-state index in [9.17, 15) is 8.78 Å². The molecule has 0 aliphatic rings. The summed E-state index contributed by atoms with van der Waals surface area (Å²) in [4.78, 5) is 0. The second-order valence-corrected chi connectivity index (χ2v) is 4.22. The van der Waals surface area contributed by atoms with Gasteiger partial charge in [-0.3, -0.25) is 0 Å². The van der Waals surface area contributed by atoms with Crippen LogP contribution in [0.1, 0.15) is 11.1 Å². The summed E-state index contributed by atoms with van der Waals surface area (Å²) in [7, 11) is 0. The molecule has 0 spiro atoms. The quantitative estimate of drug-likeness (QED) is 0.910. The predicted molar refractivity (Wildman–Crippen MR) is 60.9 cm³/mol. The van der Waals surface area contributed by atoms with Crippen LogP contribution in [-0.4, -0.2) is 5.11 Å². The Morgan fingerprint density at radius 3 is 2.47 bits per heavy atom. The molecule has 0 bridgehead atoms. The summed E-state index contributed by atoms with van der Waals surface area (Å²) >= 11 is 1.53. The molecule has 2 rings (SSSR count). The van der Waals surface area contributed by atoms with Crippen molar-refractivity contribution in [2.24, 2.45) is 0 Å². The molecule has 2 nitrogen and oxygen atoms in total. The summed E-state index contributed by atoms with van der Waals surface area (Å²) < 4.78 is 31.9. The number of rotatable bonds is 4. The molecule has 0 radical (unpaired) electrons. The van der Waals surface area contributed by atoms with Gasteiger partial charge in [0.2, 0.25) is 0 Å². The summed E-state index contributed by atoms with van der Waals surface area (Å²) in [5.41, 5.74) is 0.606. The Morgan fingerprint density at radius 1 is 1.24 bits per heavy atom. The van der Waals surface area contributed by atoms with Crippen LogP contribution in [-0.2, 0) is 13.2 Å². The average molecular weight is 256 g/mol. The molecular weight excluding hydrogens is 246 g/mol. The summed E-state index contributed by atoms with van der Waals surface area (Å²) in [6.07, 6.45) is 0. The van der Waals surface area contributed by atoms with E-state index in [-0.39, 0.29) is 17.9 Å². The van der Waals surface area contributed by atoms with E-state index in [0.717, 1.165) is 17.7 Å². The molecule has 0 saturated carbocycles. The van der Waals surface area contributed by atoms with Crippen LogP contribution in [0.2, 0.25) is 0 Å². The maximum atomic E-state index is 13.3. The fourth-order valence-corrected chi connectivity index (χ4v) is 2.01. The first-order valence-corrected chi connectivity index (χ1v) is 5.87. The standard InChI is InChI=1S/C12H10F2O2S/c13-11-3-9(4-12(14)10(11)5-15)16-6-8-1-2-17-7-8/h1-4,7,15H,5-6H2. The van der Waals surface area contributed by atoms with Crippen molar-refractivity contribution >= 4 is 11.3 Å². The molecule has 2 aromatic rings. The van der Waals surface area contributed by atoms with Gasteiger partial charge in [0.05, 0.1) is 6.61 Å². The average Bonchev–Trinajstić information content (AvgIpc) is 2.79. The van der Waals surface area contributed by atoms with Crippen molar-refractivity contribution in [3.05, 3.63) is 51.7 Å². The van der Waals surface area contributed by atoms with Crippen molar-refractivity contribution in [2.75, 3.05) is 0 Å². The minimum absolute atomic E-state index is 0.114. The third kappa shape index (κ3) is 2.81. The van der Waals surface area contributed by atoms with Crippen molar-refractivity contribution in [1.82, 2.24) is 0 Å². The molecule has 0 amide bonds. The Labute approximate surface area is 101 Å². The van der Waals surface area contributed by atoms with Crippen molar-refractivity contribution in [1.29, 1.82) is 0 Å². The van der Waals surface area contributed by atoms with Gasteiger partial charge < -0.3 is 9.84 Å². The van der Waals surface area contributed by atoms with Gasteiger partial charge in [-0.15, -0.1) is 0 Å². The fraction of sp³-hybridized carbons (Fsp3) is 0.167. The lowest BCUT2D eigenvalue weighted by Crippen LogP contribution is -1.99. The molecule has 0 fully saturated rings. The highest BCUT2D eigenvalue weighted by molar-refractivity contribution is 7.07. The third-order valence-corrected chi connectivity index (χ3v) is 2.99. The highest BCUT2D eigenvalue weighted by Gasteiger charge is 2.10. The molecule has 0 unspecified atom stereocenters. The fourth-order valence-electron chi connectivity index (χ4n) is 1.36. The molecule has 1 heterocycles. The largest absolute Gasteiger partial charge is 0.489 e. The Hall–Kier alpha value is -1.46. The molecule has 0 aliphatic heterocycles. The van der Waals surface area contributed by atoms with Crippen LogP contribution in [0.4, 0.5) is 8.78 Å². The van der Waals surface area contributed by atoms with Crippen LogP contribution in [0.25, 0.3) is 0 Å². The van der Waals surface area contributed by atoms with Gasteiger partial charge in [-0.1, -0.05) is 0 Å². The Balaban J connectivity index is 2.12. The van der Waals surface area contributed by atoms with Crippen molar-refractivity contribution in [2.45, 2.75) is 13.2 Å². The second-order valence-electron chi connectivity index (χ2n) is 3.44. The first-order valence-electron chi connectivity index (χ1n) is 4.93. The Bertz CT molecular complexity index is 474. The van der Waals surface area contributed by atoms with Crippen LogP contribution in [0.5, 0.6) is 5.75 Å². The van der Waals surface area contributed by atoms with Crippen LogP contribution in [0, 0.1) is 11.6 Å². The number of aliphatic hydroxyl groups is 1. The summed E-state index contributed by atoms with van der Waals surface area (Å²) in [6, 6.07) is 4.02. The van der Waals surface area contributed by atoms with E-state index < -0.39 is 18.2 Å². The van der Waals surface area contributed by atoms with Gasteiger partial charge in [0.15, 0.2) is 0 Å². The SMILES string of the molecule is OCc1c(F)cc(OCc2ccsc2)cc1F. The minimum atomic E-state index is -0.798. The van der Waals surface area contributed by atoms with E-state index in [1.165, 1.54) is 11.3 Å². The smallest absolute Gasteiger partial charge is 0.135 e. The molecular formula is C12H10F2O2S. The molecule has 17 heavy (non-hydrogen) atoms. The van der Waals surface area contributed by atoms with E-state index in [0.29, 0.717) is 0 Å². The molecule has 90 valence electrons. The maximum Gasteiger partial charge on any atom is 0.135 e. The topological polar surface area (TPSA) is 29.5 Å². The lowest BCUT2D eigenvalue weighted by molar-refractivity contribution is 0.265. The van der Waals surface area contributed by atoms with E-state index >= 15 is 0 Å². The van der Waals surface area contributed by atoms with Crippen LogP contribution >= 0.6 is 11.3 Å². The van der Waals surface area contributed by atoms with Crippen LogP contribution < -0.4 is 4.74 Å². The molecule has 0 atom stereocenters. The molecule has 1 aromatic heterocycles. The first kappa shape index (κ1) is 12.0. The number of ether oxygens (including phenoxy) is 1. The number of aliphatic hydroxyl groups excluding tert-OH is 1.